The lowest BCUT2D eigenvalue weighted by molar-refractivity contribution is -0.251. The highest BCUT2D eigenvalue weighted by molar-refractivity contribution is 9.10. The Morgan fingerprint density at radius 3 is 2.93 bits per heavy atom. The minimum atomic E-state index is -1.23. The number of carbonyl (C=O) groups is 1. The van der Waals surface area contributed by atoms with Gasteiger partial charge in [-0.05, 0) is 31.0 Å². The highest BCUT2D eigenvalue weighted by atomic mass is 79.9. The molecule has 0 aliphatic carbocycles. The van der Waals surface area contributed by atoms with Gasteiger partial charge in [-0.15, -0.1) is 0 Å². The molecule has 1 rings (SSSR count). The summed E-state index contributed by atoms with van der Waals surface area (Å²) in [6.07, 6.45) is -0.569. The van der Waals surface area contributed by atoms with Gasteiger partial charge in [0.25, 0.3) is 0 Å². The van der Waals surface area contributed by atoms with Gasteiger partial charge < -0.3 is 15.2 Å². The Morgan fingerprint density at radius 2 is 2.36 bits per heavy atom. The molecule has 1 unspecified atom stereocenters. The van der Waals surface area contributed by atoms with Crippen LogP contribution in [0.15, 0.2) is 28.7 Å². The summed E-state index contributed by atoms with van der Waals surface area (Å²) in [6, 6.07) is 7.64. The molecule has 0 radical (unpaired) electrons. The van der Waals surface area contributed by atoms with Crippen molar-refractivity contribution in [2.45, 2.75) is 19.4 Å². The quantitative estimate of drug-likeness (QED) is 0.887. The maximum Gasteiger partial charge on any atom is 0.134 e. The normalized spacial score (nSPS) is 12.1. The number of carboxylic acid groups (broad SMARTS) is 1. The lowest BCUT2D eigenvalue weighted by atomic mass is 10.1. The maximum absolute atomic E-state index is 10.2. The van der Waals surface area contributed by atoms with Gasteiger partial charge in [0.15, 0.2) is 0 Å². The van der Waals surface area contributed by atoms with Gasteiger partial charge in [-0.2, -0.15) is 0 Å². The predicted octanol–water partition coefficient (Wildman–Crippen LogP) is 1.31. The van der Waals surface area contributed by atoms with Crippen LogP contribution in [-0.4, -0.2) is 12.1 Å². The predicted molar refractivity (Wildman–Crippen MR) is 55.8 cm³/mol. The van der Waals surface area contributed by atoms with Crippen molar-refractivity contribution in [1.29, 1.82) is 0 Å². The van der Waals surface area contributed by atoms with Crippen LogP contribution in [-0.2, 0) is 6.42 Å². The molecule has 1 N–H and O–H groups in total. The minimum absolute atomic E-state index is 0.130. The lowest BCUT2D eigenvalue weighted by Gasteiger charge is -2.15. The van der Waals surface area contributed by atoms with Crippen LogP contribution in [0.3, 0.4) is 0 Å². The molecule has 0 heterocycles. The average molecular weight is 257 g/mol. The van der Waals surface area contributed by atoms with Crippen molar-refractivity contribution in [2.24, 2.45) is 0 Å². The van der Waals surface area contributed by atoms with Crippen molar-refractivity contribution in [2.75, 3.05) is 0 Å². The van der Waals surface area contributed by atoms with E-state index in [1.807, 2.05) is 24.3 Å². The van der Waals surface area contributed by atoms with Crippen molar-refractivity contribution < 1.29 is 9.90 Å². The van der Waals surface area contributed by atoms with Crippen LogP contribution in [0.4, 0.5) is 4.79 Å². The standard InChI is InChI=1S/C10H12BrNO2/c1-7(12-10(13)14)5-8-3-2-4-9(11)6-8/h2-4,6-7,12H,5H2,1H3,(H,13,14)/p-1. The second-order valence-corrected chi connectivity index (χ2v) is 4.08. The van der Waals surface area contributed by atoms with E-state index in [1.165, 1.54) is 0 Å². The van der Waals surface area contributed by atoms with E-state index in [9.17, 15) is 9.90 Å². The van der Waals surface area contributed by atoms with Crippen LogP contribution >= 0.6 is 15.9 Å². The summed E-state index contributed by atoms with van der Waals surface area (Å²) in [5, 5.41) is 12.5. The van der Waals surface area contributed by atoms with Crippen LogP contribution in [0.1, 0.15) is 12.5 Å². The molecule has 0 bridgehead atoms. The lowest BCUT2D eigenvalue weighted by Crippen LogP contribution is -2.42. The molecule has 0 aliphatic heterocycles. The second kappa shape index (κ2) is 5.00. The van der Waals surface area contributed by atoms with Gasteiger partial charge in [0.05, 0.1) is 0 Å². The monoisotopic (exact) mass is 256 g/mol. The van der Waals surface area contributed by atoms with E-state index in [0.717, 1.165) is 10.0 Å². The van der Waals surface area contributed by atoms with E-state index in [0.29, 0.717) is 6.42 Å². The smallest absolute Gasteiger partial charge is 0.134 e. The number of amides is 1. The SMILES string of the molecule is CC(Cc1cccc(Br)c1)NC(=O)[O-]. The number of hydrogen-bond donors (Lipinski definition) is 1. The van der Waals surface area contributed by atoms with Crippen molar-refractivity contribution in [3.8, 4) is 0 Å². The van der Waals surface area contributed by atoms with Gasteiger partial charge in [0.1, 0.15) is 6.09 Å². The van der Waals surface area contributed by atoms with Crippen molar-refractivity contribution in [3.05, 3.63) is 34.3 Å². The molecule has 1 aromatic carbocycles. The van der Waals surface area contributed by atoms with Crippen LogP contribution in [0.25, 0.3) is 0 Å². The topological polar surface area (TPSA) is 52.2 Å². The first-order chi connectivity index (χ1) is 6.58. The Bertz CT molecular complexity index is 328. The van der Waals surface area contributed by atoms with Crippen molar-refractivity contribution in [3.63, 3.8) is 0 Å². The Balaban J connectivity index is 2.55. The summed E-state index contributed by atoms with van der Waals surface area (Å²) < 4.78 is 0.996. The third-order valence-electron chi connectivity index (χ3n) is 1.80. The highest BCUT2D eigenvalue weighted by Gasteiger charge is 2.02. The summed E-state index contributed by atoms with van der Waals surface area (Å²) in [5.74, 6) is 0. The number of carbonyl (C=O) groups excluding carboxylic acids is 1. The molecule has 76 valence electrons. The third kappa shape index (κ3) is 3.79. The first kappa shape index (κ1) is 11.0. The molecule has 0 spiro atoms. The van der Waals surface area contributed by atoms with E-state index >= 15 is 0 Å². The fourth-order valence-corrected chi connectivity index (χ4v) is 1.72. The maximum atomic E-state index is 10.2. The zero-order chi connectivity index (χ0) is 10.6. The van der Waals surface area contributed by atoms with Gasteiger partial charge >= 0.3 is 0 Å². The van der Waals surface area contributed by atoms with Crippen molar-refractivity contribution in [1.82, 2.24) is 5.32 Å². The molecule has 0 fully saturated rings. The summed E-state index contributed by atoms with van der Waals surface area (Å²) in [4.78, 5) is 10.2. The van der Waals surface area contributed by atoms with Crippen LogP contribution in [0.5, 0.6) is 0 Å². The van der Waals surface area contributed by atoms with E-state index in [-0.39, 0.29) is 6.04 Å². The van der Waals surface area contributed by atoms with Gasteiger partial charge in [0.2, 0.25) is 0 Å². The molecule has 1 aromatic rings. The molecule has 4 heteroatoms. The van der Waals surface area contributed by atoms with Crippen LogP contribution in [0, 0.1) is 0 Å². The molecular weight excluding hydrogens is 246 g/mol. The zero-order valence-corrected chi connectivity index (χ0v) is 9.37. The largest absolute Gasteiger partial charge is 0.530 e. The summed E-state index contributed by atoms with van der Waals surface area (Å²) in [7, 11) is 0. The van der Waals surface area contributed by atoms with E-state index < -0.39 is 6.09 Å². The van der Waals surface area contributed by atoms with E-state index in [2.05, 4.69) is 21.2 Å². The van der Waals surface area contributed by atoms with Gasteiger partial charge in [-0.1, -0.05) is 28.1 Å². The number of hydrogen-bond acceptors (Lipinski definition) is 2. The third-order valence-corrected chi connectivity index (χ3v) is 2.29. The summed E-state index contributed by atoms with van der Waals surface area (Å²) in [6.45, 7) is 1.80. The first-order valence-corrected chi connectivity index (χ1v) is 5.09. The number of rotatable bonds is 3. The fourth-order valence-electron chi connectivity index (χ4n) is 1.27. The molecule has 0 aliphatic rings. The van der Waals surface area contributed by atoms with Gasteiger partial charge in [-0.25, -0.2) is 0 Å². The van der Waals surface area contributed by atoms with Gasteiger partial charge in [-0.3, -0.25) is 0 Å². The molecule has 1 atom stereocenters. The molecular formula is C10H11BrNO2-. The number of halogens is 1. The second-order valence-electron chi connectivity index (χ2n) is 3.17. The van der Waals surface area contributed by atoms with Crippen LogP contribution < -0.4 is 10.4 Å². The average Bonchev–Trinajstić information content (AvgIpc) is 2.01. The van der Waals surface area contributed by atoms with Crippen LogP contribution in [0.2, 0.25) is 0 Å². The van der Waals surface area contributed by atoms with E-state index in [1.54, 1.807) is 6.92 Å². The molecule has 3 nitrogen and oxygen atoms in total. The summed E-state index contributed by atoms with van der Waals surface area (Å²) >= 11 is 3.35. The Morgan fingerprint density at radius 1 is 1.64 bits per heavy atom. The zero-order valence-electron chi connectivity index (χ0n) is 7.79. The molecule has 0 aromatic heterocycles. The Labute approximate surface area is 91.3 Å². The highest BCUT2D eigenvalue weighted by Crippen LogP contribution is 2.12. The van der Waals surface area contributed by atoms with Gasteiger partial charge in [0, 0.05) is 10.5 Å². The minimum Gasteiger partial charge on any atom is -0.530 e. The number of benzene rings is 1. The number of nitrogens with one attached hydrogen (secondary N) is 1. The Kier molecular flexibility index (Phi) is 3.95. The summed E-state index contributed by atoms with van der Waals surface area (Å²) in [5.41, 5.74) is 1.08. The fraction of sp³-hybridized carbons (Fsp3) is 0.300. The molecule has 0 saturated carbocycles. The Hall–Kier alpha value is -1.03. The van der Waals surface area contributed by atoms with Crippen molar-refractivity contribution >= 4 is 22.0 Å². The first-order valence-electron chi connectivity index (χ1n) is 4.30. The molecule has 14 heavy (non-hydrogen) atoms. The molecule has 1 amide bonds. The molecule has 0 saturated heterocycles. The van der Waals surface area contributed by atoms with E-state index in [4.69, 9.17) is 0 Å².